The molecule has 3 heteroatoms. The lowest BCUT2D eigenvalue weighted by Gasteiger charge is -2.25. The third kappa shape index (κ3) is 1.81. The Balaban J connectivity index is 2.09. The van der Waals surface area contributed by atoms with E-state index in [-0.39, 0.29) is 0 Å². The minimum Gasteiger partial charge on any atom is -0.397 e. The van der Waals surface area contributed by atoms with Crippen LogP contribution in [-0.2, 0) is 0 Å². The molecule has 0 aliphatic heterocycles. The fourth-order valence-electron chi connectivity index (χ4n) is 1.71. The molecule has 1 aliphatic rings. The van der Waals surface area contributed by atoms with Crippen molar-refractivity contribution in [2.75, 3.05) is 17.7 Å². The van der Waals surface area contributed by atoms with Crippen LogP contribution in [0.15, 0.2) is 18.3 Å². The van der Waals surface area contributed by atoms with E-state index in [1.165, 1.54) is 12.8 Å². The fourth-order valence-corrected chi connectivity index (χ4v) is 1.71. The van der Waals surface area contributed by atoms with Crippen LogP contribution in [0, 0.1) is 5.92 Å². The van der Waals surface area contributed by atoms with Crippen LogP contribution in [0.1, 0.15) is 19.8 Å². The van der Waals surface area contributed by atoms with Crippen LogP contribution in [0.5, 0.6) is 0 Å². The number of pyridine rings is 1. The molecule has 14 heavy (non-hydrogen) atoms. The number of aromatic nitrogens is 1. The van der Waals surface area contributed by atoms with Gasteiger partial charge >= 0.3 is 0 Å². The van der Waals surface area contributed by atoms with Gasteiger partial charge in [0.1, 0.15) is 5.82 Å². The summed E-state index contributed by atoms with van der Waals surface area (Å²) in [7, 11) is 2.10. The highest BCUT2D eigenvalue weighted by atomic mass is 15.2. The SMILES string of the molecule is CC(C1CC1)N(C)c1ccc(N)cn1. The predicted octanol–water partition coefficient (Wildman–Crippen LogP) is 1.90. The van der Waals surface area contributed by atoms with Gasteiger partial charge in [0.2, 0.25) is 0 Å². The van der Waals surface area contributed by atoms with E-state index in [9.17, 15) is 0 Å². The Morgan fingerprint density at radius 1 is 1.50 bits per heavy atom. The van der Waals surface area contributed by atoms with Crippen LogP contribution >= 0.6 is 0 Å². The number of hydrogen-bond acceptors (Lipinski definition) is 3. The highest BCUT2D eigenvalue weighted by Gasteiger charge is 2.30. The van der Waals surface area contributed by atoms with E-state index in [2.05, 4.69) is 23.9 Å². The maximum Gasteiger partial charge on any atom is 0.128 e. The monoisotopic (exact) mass is 191 g/mol. The summed E-state index contributed by atoms with van der Waals surface area (Å²) in [6, 6.07) is 4.47. The summed E-state index contributed by atoms with van der Waals surface area (Å²) in [4.78, 5) is 6.54. The molecule has 0 amide bonds. The van der Waals surface area contributed by atoms with Crippen molar-refractivity contribution in [3.05, 3.63) is 18.3 Å². The Kier molecular flexibility index (Phi) is 2.32. The number of hydrogen-bond donors (Lipinski definition) is 1. The molecule has 3 nitrogen and oxygen atoms in total. The van der Waals surface area contributed by atoms with Crippen LogP contribution in [0.4, 0.5) is 11.5 Å². The summed E-state index contributed by atoms with van der Waals surface area (Å²) >= 11 is 0. The van der Waals surface area contributed by atoms with Gasteiger partial charge in [0.15, 0.2) is 0 Å². The minimum absolute atomic E-state index is 0.589. The van der Waals surface area contributed by atoms with Gasteiger partial charge in [-0.05, 0) is 37.8 Å². The van der Waals surface area contributed by atoms with Gasteiger partial charge in [0, 0.05) is 13.1 Å². The van der Waals surface area contributed by atoms with Crippen molar-refractivity contribution in [2.45, 2.75) is 25.8 Å². The van der Waals surface area contributed by atoms with Crippen molar-refractivity contribution < 1.29 is 0 Å². The normalized spacial score (nSPS) is 17.9. The predicted molar refractivity (Wildman–Crippen MR) is 59.2 cm³/mol. The van der Waals surface area contributed by atoms with Crippen molar-refractivity contribution >= 4 is 11.5 Å². The Morgan fingerprint density at radius 3 is 2.71 bits per heavy atom. The highest BCUT2D eigenvalue weighted by molar-refractivity contribution is 5.46. The zero-order valence-corrected chi connectivity index (χ0v) is 8.77. The lowest BCUT2D eigenvalue weighted by molar-refractivity contribution is 0.604. The van der Waals surface area contributed by atoms with Crippen molar-refractivity contribution in [3.8, 4) is 0 Å². The molecule has 1 saturated carbocycles. The molecular formula is C11H17N3. The average Bonchev–Trinajstić information content (AvgIpc) is 3.00. The number of anilines is 2. The smallest absolute Gasteiger partial charge is 0.128 e. The summed E-state index contributed by atoms with van der Waals surface area (Å²) in [5.41, 5.74) is 6.32. The summed E-state index contributed by atoms with van der Waals surface area (Å²) in [5, 5.41) is 0. The lowest BCUT2D eigenvalue weighted by atomic mass is 10.2. The molecule has 2 N–H and O–H groups in total. The van der Waals surface area contributed by atoms with E-state index in [4.69, 9.17) is 5.73 Å². The van der Waals surface area contributed by atoms with E-state index in [1.54, 1.807) is 6.20 Å². The number of nitrogens with two attached hydrogens (primary N) is 1. The topological polar surface area (TPSA) is 42.1 Å². The molecule has 0 saturated heterocycles. The summed E-state index contributed by atoms with van der Waals surface area (Å²) < 4.78 is 0. The minimum atomic E-state index is 0.589. The van der Waals surface area contributed by atoms with E-state index in [0.29, 0.717) is 6.04 Å². The van der Waals surface area contributed by atoms with Crippen molar-refractivity contribution in [2.24, 2.45) is 5.92 Å². The Labute approximate surface area is 84.9 Å². The van der Waals surface area contributed by atoms with Gasteiger partial charge in [-0.3, -0.25) is 0 Å². The Bertz CT molecular complexity index is 303. The number of rotatable bonds is 3. The third-order valence-corrected chi connectivity index (χ3v) is 3.05. The first kappa shape index (κ1) is 9.31. The molecule has 1 unspecified atom stereocenters. The maximum absolute atomic E-state index is 5.59. The molecule has 76 valence electrons. The first-order valence-electron chi connectivity index (χ1n) is 5.13. The zero-order chi connectivity index (χ0) is 10.1. The van der Waals surface area contributed by atoms with E-state index < -0.39 is 0 Å². The molecule has 0 bridgehead atoms. The molecule has 1 fully saturated rings. The maximum atomic E-state index is 5.59. The third-order valence-electron chi connectivity index (χ3n) is 3.05. The van der Waals surface area contributed by atoms with Crippen molar-refractivity contribution in [1.29, 1.82) is 0 Å². The molecule has 1 aromatic heterocycles. The lowest BCUT2D eigenvalue weighted by Crippen LogP contribution is -2.31. The summed E-state index contributed by atoms with van der Waals surface area (Å²) in [6.45, 7) is 2.26. The quantitative estimate of drug-likeness (QED) is 0.793. The van der Waals surface area contributed by atoms with Crippen LogP contribution in [0.25, 0.3) is 0 Å². The van der Waals surface area contributed by atoms with Crippen LogP contribution in [0.3, 0.4) is 0 Å². The van der Waals surface area contributed by atoms with E-state index in [0.717, 1.165) is 17.4 Å². The van der Waals surface area contributed by atoms with Crippen LogP contribution < -0.4 is 10.6 Å². The van der Waals surface area contributed by atoms with Gasteiger partial charge < -0.3 is 10.6 Å². The number of nitrogen functional groups attached to an aromatic ring is 1. The molecule has 2 rings (SSSR count). The van der Waals surface area contributed by atoms with Gasteiger partial charge in [-0.15, -0.1) is 0 Å². The molecule has 0 spiro atoms. The van der Waals surface area contributed by atoms with Gasteiger partial charge in [-0.2, -0.15) is 0 Å². The first-order chi connectivity index (χ1) is 6.68. The Morgan fingerprint density at radius 2 is 2.21 bits per heavy atom. The van der Waals surface area contributed by atoms with Gasteiger partial charge in [0.05, 0.1) is 11.9 Å². The number of nitrogens with zero attached hydrogens (tertiary/aromatic N) is 2. The van der Waals surface area contributed by atoms with Crippen molar-refractivity contribution in [1.82, 2.24) is 4.98 Å². The summed E-state index contributed by atoms with van der Waals surface area (Å²) in [6.07, 6.45) is 4.44. The van der Waals surface area contributed by atoms with Crippen LogP contribution in [0.2, 0.25) is 0 Å². The standard InChI is InChI=1S/C11H17N3/c1-8(9-3-4-9)14(2)11-6-5-10(12)7-13-11/h5-9H,3-4,12H2,1-2H3. The van der Waals surface area contributed by atoms with Gasteiger partial charge in [0.25, 0.3) is 0 Å². The van der Waals surface area contributed by atoms with Gasteiger partial charge in [-0.25, -0.2) is 4.98 Å². The highest BCUT2D eigenvalue weighted by Crippen LogP contribution is 2.35. The first-order valence-corrected chi connectivity index (χ1v) is 5.13. The van der Waals surface area contributed by atoms with E-state index in [1.807, 2.05) is 12.1 Å². The second-order valence-electron chi connectivity index (χ2n) is 4.14. The molecule has 0 aromatic carbocycles. The van der Waals surface area contributed by atoms with Crippen molar-refractivity contribution in [3.63, 3.8) is 0 Å². The van der Waals surface area contributed by atoms with Crippen LogP contribution in [-0.4, -0.2) is 18.1 Å². The summed E-state index contributed by atoms with van der Waals surface area (Å²) in [5.74, 6) is 1.87. The second kappa shape index (κ2) is 3.48. The second-order valence-corrected chi connectivity index (χ2v) is 4.14. The average molecular weight is 191 g/mol. The Hall–Kier alpha value is -1.25. The van der Waals surface area contributed by atoms with Gasteiger partial charge in [-0.1, -0.05) is 0 Å². The molecule has 1 aromatic rings. The fraction of sp³-hybridized carbons (Fsp3) is 0.545. The molecule has 1 heterocycles. The molecule has 0 radical (unpaired) electrons. The van der Waals surface area contributed by atoms with E-state index >= 15 is 0 Å². The zero-order valence-electron chi connectivity index (χ0n) is 8.77. The largest absolute Gasteiger partial charge is 0.397 e. The molecule has 1 aliphatic carbocycles. The molecular weight excluding hydrogens is 174 g/mol. The molecule has 1 atom stereocenters.